The van der Waals surface area contributed by atoms with Crippen molar-refractivity contribution in [3.05, 3.63) is 46.8 Å². The van der Waals surface area contributed by atoms with Gasteiger partial charge in [-0.25, -0.2) is 0 Å². The molecular weight excluding hydrogens is 378 g/mol. The maximum absolute atomic E-state index is 13.1. The van der Waals surface area contributed by atoms with E-state index in [0.29, 0.717) is 0 Å². The molecule has 2 saturated heterocycles. The molecule has 0 saturated carbocycles. The maximum Gasteiger partial charge on any atom is 0.270 e. The molecular formula is C24H33N3O3. The van der Waals surface area contributed by atoms with Gasteiger partial charge >= 0.3 is 0 Å². The predicted octanol–water partition coefficient (Wildman–Crippen LogP) is 3.78. The number of H-pyrrole nitrogens is 1. The molecule has 1 aromatic carbocycles. The summed E-state index contributed by atoms with van der Waals surface area (Å²) in [5.41, 5.74) is 4.17. The molecule has 1 atom stereocenters. The van der Waals surface area contributed by atoms with E-state index in [1.54, 1.807) is 14.2 Å². The highest BCUT2D eigenvalue weighted by atomic mass is 16.5. The molecule has 4 rings (SSSR count). The van der Waals surface area contributed by atoms with Crippen LogP contribution >= 0.6 is 0 Å². The summed E-state index contributed by atoms with van der Waals surface area (Å²) in [6, 6.07) is 8.12. The number of likely N-dealkylation sites (tertiary alicyclic amines) is 2. The predicted molar refractivity (Wildman–Crippen MR) is 117 cm³/mol. The molecule has 2 aliphatic rings. The van der Waals surface area contributed by atoms with E-state index in [1.165, 1.54) is 6.42 Å². The fraction of sp³-hybridized carbons (Fsp3) is 0.542. The molecule has 30 heavy (non-hydrogen) atoms. The second kappa shape index (κ2) is 8.34. The van der Waals surface area contributed by atoms with E-state index in [2.05, 4.69) is 16.0 Å². The van der Waals surface area contributed by atoms with Crippen molar-refractivity contribution in [3.63, 3.8) is 0 Å². The van der Waals surface area contributed by atoms with Gasteiger partial charge in [-0.3, -0.25) is 9.69 Å². The van der Waals surface area contributed by atoms with E-state index < -0.39 is 0 Å². The van der Waals surface area contributed by atoms with Crippen LogP contribution < -0.4 is 9.47 Å². The van der Waals surface area contributed by atoms with Crippen molar-refractivity contribution in [2.24, 2.45) is 5.41 Å². The standard InChI is InChI=1S/C24H33N3O3/c1-17-13-18(2)25-21(17)23(28)27-12-10-24(16-27)9-6-11-26(15-24)14-19-7-5-8-20(29-3)22(19)30-4/h5,7-8,13,25H,6,9-12,14-16H2,1-4H3. The lowest BCUT2D eigenvalue weighted by atomic mass is 9.79. The first-order valence-corrected chi connectivity index (χ1v) is 10.8. The van der Waals surface area contributed by atoms with E-state index in [4.69, 9.17) is 9.47 Å². The van der Waals surface area contributed by atoms with Gasteiger partial charge in [0.25, 0.3) is 5.91 Å². The number of carbonyl (C=O) groups excluding carboxylic acids is 1. The van der Waals surface area contributed by atoms with Crippen LogP contribution in [-0.4, -0.2) is 61.1 Å². The number of carbonyl (C=O) groups is 1. The smallest absolute Gasteiger partial charge is 0.270 e. The number of para-hydroxylation sites is 1. The van der Waals surface area contributed by atoms with Gasteiger partial charge in [-0.05, 0) is 57.4 Å². The van der Waals surface area contributed by atoms with Crippen molar-refractivity contribution >= 4 is 5.91 Å². The lowest BCUT2D eigenvalue weighted by molar-refractivity contribution is 0.0669. The number of nitrogens with zero attached hydrogens (tertiary/aromatic N) is 2. The fourth-order valence-electron chi connectivity index (χ4n) is 5.31. The molecule has 1 aromatic heterocycles. The summed E-state index contributed by atoms with van der Waals surface area (Å²) in [6.45, 7) is 8.62. The van der Waals surface area contributed by atoms with Gasteiger partial charge in [0.05, 0.1) is 14.2 Å². The molecule has 2 aliphatic heterocycles. The van der Waals surface area contributed by atoms with Crippen molar-refractivity contribution in [1.29, 1.82) is 0 Å². The highest BCUT2D eigenvalue weighted by Gasteiger charge is 2.43. The Morgan fingerprint density at radius 3 is 2.67 bits per heavy atom. The number of aryl methyl sites for hydroxylation is 2. The third kappa shape index (κ3) is 3.93. The number of nitrogens with one attached hydrogen (secondary N) is 1. The monoisotopic (exact) mass is 411 g/mol. The number of aromatic amines is 1. The maximum atomic E-state index is 13.1. The second-order valence-electron chi connectivity index (χ2n) is 8.95. The Bertz CT molecular complexity index is 922. The van der Waals surface area contributed by atoms with Crippen LogP contribution in [0.5, 0.6) is 11.5 Å². The first kappa shape index (κ1) is 20.8. The van der Waals surface area contributed by atoms with E-state index in [0.717, 1.165) is 79.6 Å². The molecule has 162 valence electrons. The molecule has 1 spiro atoms. The zero-order chi connectivity index (χ0) is 21.3. The molecule has 0 radical (unpaired) electrons. The van der Waals surface area contributed by atoms with Crippen LogP contribution in [0.15, 0.2) is 24.3 Å². The molecule has 0 bridgehead atoms. The molecule has 1 unspecified atom stereocenters. The Morgan fingerprint density at radius 1 is 1.13 bits per heavy atom. The number of aromatic nitrogens is 1. The highest BCUT2D eigenvalue weighted by Crippen LogP contribution is 2.41. The lowest BCUT2D eigenvalue weighted by Gasteiger charge is -2.40. The highest BCUT2D eigenvalue weighted by molar-refractivity contribution is 5.94. The minimum atomic E-state index is 0.143. The third-order valence-corrected chi connectivity index (χ3v) is 6.71. The Hall–Kier alpha value is -2.47. The van der Waals surface area contributed by atoms with Crippen LogP contribution in [0.4, 0.5) is 0 Å². The molecule has 3 heterocycles. The summed E-state index contributed by atoms with van der Waals surface area (Å²) >= 11 is 0. The number of amides is 1. The third-order valence-electron chi connectivity index (χ3n) is 6.71. The van der Waals surface area contributed by atoms with Gasteiger partial charge in [0, 0.05) is 42.9 Å². The zero-order valence-electron chi connectivity index (χ0n) is 18.6. The fourth-order valence-corrected chi connectivity index (χ4v) is 5.31. The average Bonchev–Trinajstić information content (AvgIpc) is 3.29. The minimum Gasteiger partial charge on any atom is -0.493 e. The van der Waals surface area contributed by atoms with Gasteiger partial charge in [0.1, 0.15) is 5.69 Å². The van der Waals surface area contributed by atoms with Gasteiger partial charge in [-0.15, -0.1) is 0 Å². The normalized spacial score (nSPS) is 21.9. The second-order valence-corrected chi connectivity index (χ2v) is 8.95. The largest absolute Gasteiger partial charge is 0.493 e. The molecule has 0 aliphatic carbocycles. The van der Waals surface area contributed by atoms with Gasteiger partial charge < -0.3 is 19.4 Å². The van der Waals surface area contributed by atoms with Crippen molar-refractivity contribution in [1.82, 2.24) is 14.8 Å². The van der Waals surface area contributed by atoms with Crippen molar-refractivity contribution in [2.75, 3.05) is 40.4 Å². The summed E-state index contributed by atoms with van der Waals surface area (Å²) in [7, 11) is 3.37. The first-order chi connectivity index (χ1) is 14.4. The van der Waals surface area contributed by atoms with Crippen LogP contribution in [0.3, 0.4) is 0 Å². The number of hydrogen-bond acceptors (Lipinski definition) is 4. The molecule has 6 nitrogen and oxygen atoms in total. The van der Waals surface area contributed by atoms with Gasteiger partial charge in [0.15, 0.2) is 11.5 Å². The van der Waals surface area contributed by atoms with Gasteiger partial charge in [-0.2, -0.15) is 0 Å². The number of benzene rings is 1. The SMILES string of the molecule is COc1cccc(CN2CCCC3(CCN(C(=O)c4[nH]c(C)cc4C)C3)C2)c1OC. The Morgan fingerprint density at radius 2 is 1.97 bits per heavy atom. The van der Waals surface area contributed by atoms with Gasteiger partial charge in [0.2, 0.25) is 0 Å². The summed E-state index contributed by atoms with van der Waals surface area (Å²) in [6.07, 6.45) is 3.42. The van der Waals surface area contributed by atoms with E-state index in [-0.39, 0.29) is 11.3 Å². The summed E-state index contributed by atoms with van der Waals surface area (Å²) in [4.78, 5) is 20.9. The molecule has 1 N–H and O–H groups in total. The number of methoxy groups -OCH3 is 2. The van der Waals surface area contributed by atoms with Crippen LogP contribution in [0.2, 0.25) is 0 Å². The minimum absolute atomic E-state index is 0.143. The lowest BCUT2D eigenvalue weighted by Crippen LogP contribution is -2.45. The van der Waals surface area contributed by atoms with Crippen molar-refractivity contribution in [2.45, 2.75) is 39.7 Å². The number of hydrogen-bond donors (Lipinski definition) is 1. The van der Waals surface area contributed by atoms with Crippen LogP contribution in [-0.2, 0) is 6.54 Å². The Labute approximate surface area is 179 Å². The molecule has 2 aromatic rings. The first-order valence-electron chi connectivity index (χ1n) is 10.8. The summed E-state index contributed by atoms with van der Waals surface area (Å²) < 4.78 is 11.1. The van der Waals surface area contributed by atoms with Crippen molar-refractivity contribution < 1.29 is 14.3 Å². The van der Waals surface area contributed by atoms with E-state index in [1.807, 2.05) is 36.9 Å². The molecule has 2 fully saturated rings. The zero-order valence-corrected chi connectivity index (χ0v) is 18.6. The topological polar surface area (TPSA) is 57.8 Å². The van der Waals surface area contributed by atoms with E-state index in [9.17, 15) is 4.79 Å². The molecule has 6 heteroatoms. The number of rotatable bonds is 5. The van der Waals surface area contributed by atoms with E-state index >= 15 is 0 Å². The quantitative estimate of drug-likeness (QED) is 0.814. The average molecular weight is 412 g/mol. The van der Waals surface area contributed by atoms with Crippen LogP contribution in [0.1, 0.15) is 46.6 Å². The van der Waals surface area contributed by atoms with Crippen molar-refractivity contribution in [3.8, 4) is 11.5 Å². The molecule has 1 amide bonds. The van der Waals surface area contributed by atoms with Crippen LogP contribution in [0, 0.1) is 19.3 Å². The van der Waals surface area contributed by atoms with Gasteiger partial charge in [-0.1, -0.05) is 12.1 Å². The number of piperidine rings is 1. The number of ether oxygens (including phenoxy) is 2. The Balaban J connectivity index is 1.46. The Kier molecular flexibility index (Phi) is 5.78. The summed E-state index contributed by atoms with van der Waals surface area (Å²) in [5.74, 6) is 1.74. The summed E-state index contributed by atoms with van der Waals surface area (Å²) in [5, 5.41) is 0. The van der Waals surface area contributed by atoms with Crippen LogP contribution in [0.25, 0.3) is 0 Å².